The number of carbonyl (C=O) groups excluding carboxylic acids is 1. The number of nitrogens with zero attached hydrogens (tertiary/aromatic N) is 2. The van der Waals surface area contributed by atoms with Gasteiger partial charge in [0.2, 0.25) is 5.91 Å². The summed E-state index contributed by atoms with van der Waals surface area (Å²) in [5, 5.41) is 3.14. The summed E-state index contributed by atoms with van der Waals surface area (Å²) in [5.74, 6) is 3.27. The summed E-state index contributed by atoms with van der Waals surface area (Å²) in [6.45, 7) is 3.34. The number of anilines is 2. The number of rotatable bonds is 3. The lowest BCUT2D eigenvalue weighted by atomic mass is 9.49. The van der Waals surface area contributed by atoms with E-state index in [4.69, 9.17) is 4.74 Å². The summed E-state index contributed by atoms with van der Waals surface area (Å²) in [6, 6.07) is 4.01. The van der Waals surface area contributed by atoms with Crippen molar-refractivity contribution < 1.29 is 9.53 Å². The Morgan fingerprint density at radius 2 is 1.72 bits per heavy atom. The third-order valence-corrected chi connectivity index (χ3v) is 6.89. The van der Waals surface area contributed by atoms with Crippen LogP contribution in [0.2, 0.25) is 0 Å². The van der Waals surface area contributed by atoms with Crippen LogP contribution in [-0.4, -0.2) is 37.2 Å². The molecule has 5 fully saturated rings. The molecule has 134 valence electrons. The van der Waals surface area contributed by atoms with E-state index in [1.54, 1.807) is 0 Å². The van der Waals surface area contributed by atoms with Crippen molar-refractivity contribution >= 4 is 17.4 Å². The van der Waals surface area contributed by atoms with Gasteiger partial charge in [-0.1, -0.05) is 0 Å². The van der Waals surface area contributed by atoms with Crippen LogP contribution >= 0.6 is 0 Å². The fourth-order valence-corrected chi connectivity index (χ4v) is 6.11. The zero-order chi connectivity index (χ0) is 16.9. The molecule has 5 aliphatic rings. The van der Waals surface area contributed by atoms with E-state index in [2.05, 4.69) is 21.3 Å². The first kappa shape index (κ1) is 15.6. The molecule has 1 amide bonds. The summed E-state index contributed by atoms with van der Waals surface area (Å²) in [4.78, 5) is 19.9. The molecule has 0 atom stereocenters. The van der Waals surface area contributed by atoms with E-state index in [9.17, 15) is 4.79 Å². The highest BCUT2D eigenvalue weighted by Gasteiger charge is 2.54. The van der Waals surface area contributed by atoms with Gasteiger partial charge >= 0.3 is 0 Å². The fourth-order valence-electron chi connectivity index (χ4n) is 6.11. The lowest BCUT2D eigenvalue weighted by molar-refractivity contribution is -0.140. The molecule has 25 heavy (non-hydrogen) atoms. The molecule has 0 unspecified atom stereocenters. The molecule has 0 radical (unpaired) electrons. The molecule has 1 aromatic rings. The minimum Gasteiger partial charge on any atom is -0.378 e. The van der Waals surface area contributed by atoms with Gasteiger partial charge in [0.15, 0.2) is 0 Å². The second-order valence-electron chi connectivity index (χ2n) is 8.65. The normalized spacial score (nSPS) is 36.5. The Bertz CT molecular complexity index is 616. The molecule has 4 bridgehead atoms. The van der Waals surface area contributed by atoms with Crippen LogP contribution in [0.4, 0.5) is 11.5 Å². The van der Waals surface area contributed by atoms with E-state index < -0.39 is 0 Å². The quantitative estimate of drug-likeness (QED) is 0.918. The van der Waals surface area contributed by atoms with Gasteiger partial charge in [0.25, 0.3) is 0 Å². The maximum Gasteiger partial charge on any atom is 0.231 e. The van der Waals surface area contributed by atoms with Crippen LogP contribution < -0.4 is 10.2 Å². The van der Waals surface area contributed by atoms with Crippen molar-refractivity contribution in [2.45, 2.75) is 38.5 Å². The Hall–Kier alpha value is -1.62. The Morgan fingerprint density at radius 3 is 2.28 bits per heavy atom. The van der Waals surface area contributed by atoms with Gasteiger partial charge in [0.1, 0.15) is 5.82 Å². The topological polar surface area (TPSA) is 54.5 Å². The number of pyridine rings is 1. The van der Waals surface area contributed by atoms with E-state index >= 15 is 0 Å². The van der Waals surface area contributed by atoms with Gasteiger partial charge in [-0.05, 0) is 68.4 Å². The van der Waals surface area contributed by atoms with Crippen molar-refractivity contribution in [2.24, 2.45) is 23.2 Å². The number of morpholine rings is 1. The van der Waals surface area contributed by atoms with Crippen LogP contribution in [0.5, 0.6) is 0 Å². The maximum atomic E-state index is 13.1. The third-order valence-electron chi connectivity index (χ3n) is 6.89. The number of carbonyl (C=O) groups is 1. The Balaban J connectivity index is 1.28. The maximum absolute atomic E-state index is 13.1. The average molecular weight is 341 g/mol. The smallest absolute Gasteiger partial charge is 0.231 e. The Morgan fingerprint density at radius 1 is 1.08 bits per heavy atom. The Kier molecular flexibility index (Phi) is 3.73. The van der Waals surface area contributed by atoms with Crippen molar-refractivity contribution in [1.82, 2.24) is 4.98 Å². The molecule has 1 aromatic heterocycles. The predicted octanol–water partition coefficient (Wildman–Crippen LogP) is 3.07. The molecule has 2 heterocycles. The molecule has 0 aromatic carbocycles. The lowest BCUT2D eigenvalue weighted by Gasteiger charge is -2.55. The molecule has 1 saturated heterocycles. The van der Waals surface area contributed by atoms with Crippen LogP contribution in [-0.2, 0) is 9.53 Å². The molecule has 5 nitrogen and oxygen atoms in total. The van der Waals surface area contributed by atoms with E-state index in [1.807, 2.05) is 12.3 Å². The number of amides is 1. The first-order valence-corrected chi connectivity index (χ1v) is 9.80. The zero-order valence-electron chi connectivity index (χ0n) is 14.7. The predicted molar refractivity (Wildman–Crippen MR) is 96.5 cm³/mol. The summed E-state index contributed by atoms with van der Waals surface area (Å²) >= 11 is 0. The fraction of sp³-hybridized carbons (Fsp3) is 0.700. The van der Waals surface area contributed by atoms with Crippen LogP contribution in [0.1, 0.15) is 38.5 Å². The standard InChI is InChI=1S/C20H27N3O2/c24-19(20-10-14-7-15(11-20)9-16(8-14)12-20)22-18-2-1-17(13-21-18)23-3-5-25-6-4-23/h1-2,13-16H,3-12H2,(H,21,22,24). The molecule has 1 N–H and O–H groups in total. The van der Waals surface area contributed by atoms with Gasteiger partial charge < -0.3 is 15.0 Å². The number of aromatic nitrogens is 1. The molecular weight excluding hydrogens is 314 g/mol. The molecule has 1 aliphatic heterocycles. The Labute approximate surface area is 149 Å². The van der Waals surface area contributed by atoms with Crippen molar-refractivity contribution in [3.63, 3.8) is 0 Å². The van der Waals surface area contributed by atoms with Crippen LogP contribution in [0.3, 0.4) is 0 Å². The van der Waals surface area contributed by atoms with Crippen molar-refractivity contribution in [3.8, 4) is 0 Å². The molecule has 5 heteroatoms. The zero-order valence-corrected chi connectivity index (χ0v) is 14.7. The highest BCUT2D eigenvalue weighted by atomic mass is 16.5. The second kappa shape index (κ2) is 5.97. The molecule has 6 rings (SSSR count). The van der Waals surface area contributed by atoms with E-state index in [1.165, 1.54) is 19.3 Å². The summed E-state index contributed by atoms with van der Waals surface area (Å²) < 4.78 is 5.40. The molecular formula is C20H27N3O2. The second-order valence-corrected chi connectivity index (χ2v) is 8.65. The van der Waals surface area contributed by atoms with Crippen LogP contribution in [0.25, 0.3) is 0 Å². The van der Waals surface area contributed by atoms with Gasteiger partial charge in [-0.15, -0.1) is 0 Å². The summed E-state index contributed by atoms with van der Waals surface area (Å²) in [7, 11) is 0. The SMILES string of the molecule is O=C(Nc1ccc(N2CCOCC2)cn1)C12CC3CC(CC(C3)C1)C2. The average Bonchev–Trinajstić information content (AvgIpc) is 2.62. The molecule has 4 aliphatic carbocycles. The van der Waals surface area contributed by atoms with Crippen LogP contribution in [0.15, 0.2) is 18.3 Å². The van der Waals surface area contributed by atoms with Crippen molar-refractivity contribution in [1.29, 1.82) is 0 Å². The van der Waals surface area contributed by atoms with Crippen molar-refractivity contribution in [2.75, 3.05) is 36.5 Å². The largest absolute Gasteiger partial charge is 0.378 e. The number of ether oxygens (including phenoxy) is 1. The summed E-state index contributed by atoms with van der Waals surface area (Å²) in [5.41, 5.74) is 0.996. The number of hydrogen-bond acceptors (Lipinski definition) is 4. The third kappa shape index (κ3) is 2.82. The minimum absolute atomic E-state index is 0.112. The van der Waals surface area contributed by atoms with Gasteiger partial charge in [0, 0.05) is 13.1 Å². The first-order valence-electron chi connectivity index (χ1n) is 9.80. The molecule has 4 saturated carbocycles. The van der Waals surface area contributed by atoms with Gasteiger partial charge in [-0.2, -0.15) is 0 Å². The lowest BCUT2D eigenvalue weighted by Crippen LogP contribution is -2.51. The van der Waals surface area contributed by atoms with Crippen molar-refractivity contribution in [3.05, 3.63) is 18.3 Å². The van der Waals surface area contributed by atoms with Crippen LogP contribution in [0, 0.1) is 23.2 Å². The summed E-state index contributed by atoms with van der Waals surface area (Å²) in [6.07, 6.45) is 9.24. The number of nitrogens with one attached hydrogen (secondary N) is 1. The number of hydrogen-bond donors (Lipinski definition) is 1. The van der Waals surface area contributed by atoms with Gasteiger partial charge in [-0.25, -0.2) is 4.98 Å². The van der Waals surface area contributed by atoms with Gasteiger partial charge in [0.05, 0.1) is 30.5 Å². The minimum atomic E-state index is -0.112. The first-order chi connectivity index (χ1) is 12.2. The highest BCUT2D eigenvalue weighted by molar-refractivity contribution is 5.95. The molecule has 0 spiro atoms. The van der Waals surface area contributed by atoms with E-state index in [0.29, 0.717) is 5.82 Å². The monoisotopic (exact) mass is 341 g/mol. The highest BCUT2D eigenvalue weighted by Crippen LogP contribution is 2.60. The van der Waals surface area contributed by atoms with E-state index in [0.717, 1.165) is 69.0 Å². The van der Waals surface area contributed by atoms with E-state index in [-0.39, 0.29) is 11.3 Å². The van der Waals surface area contributed by atoms with Gasteiger partial charge in [-0.3, -0.25) is 4.79 Å².